The van der Waals surface area contributed by atoms with E-state index in [1.165, 1.54) is 7.05 Å². The molecule has 0 rings (SSSR count). The van der Waals surface area contributed by atoms with Gasteiger partial charge in [0, 0.05) is 13.6 Å². The van der Waals surface area contributed by atoms with Crippen LogP contribution in [-0.2, 0) is 9.53 Å². The summed E-state index contributed by atoms with van der Waals surface area (Å²) in [6, 6.07) is 0. The second kappa shape index (κ2) is 7.88. The van der Waals surface area contributed by atoms with E-state index in [1.807, 2.05) is 0 Å². The maximum Gasteiger partial charge on any atom is 0.261 e. The third-order valence-corrected chi connectivity index (χ3v) is 1.23. The number of hydrogen-bond donors (Lipinski definition) is 2. The van der Waals surface area contributed by atoms with Gasteiger partial charge in [0.25, 0.3) is 6.43 Å². The van der Waals surface area contributed by atoms with Crippen LogP contribution >= 0.6 is 0 Å². The summed E-state index contributed by atoms with van der Waals surface area (Å²) < 4.78 is 27.6. The van der Waals surface area contributed by atoms with E-state index in [4.69, 9.17) is 0 Å². The Morgan fingerprint density at radius 3 is 2.77 bits per heavy atom. The fourth-order valence-corrected chi connectivity index (χ4v) is 0.607. The van der Waals surface area contributed by atoms with Crippen LogP contribution in [0.5, 0.6) is 0 Å². The highest BCUT2D eigenvalue weighted by Gasteiger charge is 2.01. The standard InChI is InChI=1S/C7H14F2N2O2/c1-10-7(12)4-11-2-3-13-5-6(8)9/h6,11H,2-5H2,1H3,(H,10,12). The first-order valence-electron chi connectivity index (χ1n) is 3.94. The van der Waals surface area contributed by atoms with E-state index < -0.39 is 13.0 Å². The molecule has 0 saturated carbocycles. The van der Waals surface area contributed by atoms with Crippen molar-refractivity contribution in [1.82, 2.24) is 10.6 Å². The summed E-state index contributed by atoms with van der Waals surface area (Å²) in [7, 11) is 1.53. The normalized spacial score (nSPS) is 10.5. The van der Waals surface area contributed by atoms with Crippen molar-refractivity contribution in [3.63, 3.8) is 0 Å². The molecule has 0 bridgehead atoms. The number of rotatable bonds is 7. The minimum Gasteiger partial charge on any atom is -0.374 e. The summed E-state index contributed by atoms with van der Waals surface area (Å²) in [6.07, 6.45) is -2.43. The smallest absolute Gasteiger partial charge is 0.261 e. The van der Waals surface area contributed by atoms with E-state index >= 15 is 0 Å². The number of likely N-dealkylation sites (N-methyl/N-ethyl adjacent to an activating group) is 1. The Balaban J connectivity index is 3.04. The molecule has 6 heteroatoms. The molecule has 1 amide bonds. The predicted octanol–water partition coefficient (Wildman–Crippen LogP) is -0.396. The molecule has 0 aliphatic carbocycles. The lowest BCUT2D eigenvalue weighted by Gasteiger charge is -2.04. The maximum atomic E-state index is 11.5. The summed E-state index contributed by atoms with van der Waals surface area (Å²) in [4.78, 5) is 10.6. The van der Waals surface area contributed by atoms with Crippen LogP contribution in [-0.4, -0.2) is 45.7 Å². The molecule has 0 atom stereocenters. The average Bonchev–Trinajstić information content (AvgIpc) is 2.10. The molecule has 0 unspecified atom stereocenters. The molecule has 0 radical (unpaired) electrons. The number of carbonyl (C=O) groups excluding carboxylic acids is 1. The number of halogens is 2. The minimum absolute atomic E-state index is 0.145. The number of carbonyl (C=O) groups is 1. The Kier molecular flexibility index (Phi) is 7.42. The van der Waals surface area contributed by atoms with Gasteiger partial charge in [0.1, 0.15) is 6.61 Å². The van der Waals surface area contributed by atoms with E-state index in [9.17, 15) is 13.6 Å². The molecule has 0 spiro atoms. The summed E-state index contributed by atoms with van der Waals surface area (Å²) in [5.74, 6) is -0.145. The monoisotopic (exact) mass is 196 g/mol. The van der Waals surface area contributed by atoms with E-state index in [0.29, 0.717) is 6.54 Å². The van der Waals surface area contributed by atoms with Gasteiger partial charge in [0.15, 0.2) is 0 Å². The van der Waals surface area contributed by atoms with Crippen LogP contribution in [0.15, 0.2) is 0 Å². The van der Waals surface area contributed by atoms with Crippen molar-refractivity contribution >= 4 is 5.91 Å². The topological polar surface area (TPSA) is 50.4 Å². The number of hydrogen-bond acceptors (Lipinski definition) is 3. The molecule has 0 aliphatic rings. The summed E-state index contributed by atoms with van der Waals surface area (Å²) in [6.45, 7) is 0.192. The van der Waals surface area contributed by atoms with Gasteiger partial charge in [-0.15, -0.1) is 0 Å². The van der Waals surface area contributed by atoms with Crippen LogP contribution in [0.3, 0.4) is 0 Å². The van der Waals surface area contributed by atoms with Crippen molar-refractivity contribution in [3.05, 3.63) is 0 Å². The van der Waals surface area contributed by atoms with E-state index in [-0.39, 0.29) is 19.1 Å². The Labute approximate surface area is 75.6 Å². The highest BCUT2D eigenvalue weighted by molar-refractivity contribution is 5.77. The van der Waals surface area contributed by atoms with E-state index in [2.05, 4.69) is 15.4 Å². The van der Waals surface area contributed by atoms with Crippen molar-refractivity contribution in [2.24, 2.45) is 0 Å². The van der Waals surface area contributed by atoms with Gasteiger partial charge in [-0.25, -0.2) is 8.78 Å². The SMILES string of the molecule is CNC(=O)CNCCOCC(F)F. The molecule has 0 aromatic heterocycles. The van der Waals surface area contributed by atoms with Crippen LogP contribution in [0, 0.1) is 0 Å². The van der Waals surface area contributed by atoms with Crippen molar-refractivity contribution < 1.29 is 18.3 Å². The lowest BCUT2D eigenvalue weighted by molar-refractivity contribution is -0.119. The molecule has 0 fully saturated rings. The van der Waals surface area contributed by atoms with Crippen LogP contribution in [0.25, 0.3) is 0 Å². The largest absolute Gasteiger partial charge is 0.374 e. The fourth-order valence-electron chi connectivity index (χ4n) is 0.607. The Morgan fingerprint density at radius 2 is 2.23 bits per heavy atom. The second-order valence-corrected chi connectivity index (χ2v) is 2.32. The van der Waals surface area contributed by atoms with Gasteiger partial charge >= 0.3 is 0 Å². The zero-order valence-corrected chi connectivity index (χ0v) is 7.48. The van der Waals surface area contributed by atoms with Gasteiger partial charge in [-0.1, -0.05) is 0 Å². The van der Waals surface area contributed by atoms with Crippen molar-refractivity contribution in [2.75, 3.05) is 33.4 Å². The first kappa shape index (κ1) is 12.2. The highest BCUT2D eigenvalue weighted by atomic mass is 19.3. The molecule has 0 aromatic rings. The fraction of sp³-hybridized carbons (Fsp3) is 0.857. The van der Waals surface area contributed by atoms with Crippen molar-refractivity contribution in [2.45, 2.75) is 6.43 Å². The Hall–Kier alpha value is -0.750. The lowest BCUT2D eigenvalue weighted by atomic mass is 10.5. The predicted molar refractivity (Wildman–Crippen MR) is 43.8 cm³/mol. The van der Waals surface area contributed by atoms with Gasteiger partial charge in [-0.05, 0) is 0 Å². The van der Waals surface area contributed by atoms with Crippen molar-refractivity contribution in [3.8, 4) is 0 Å². The van der Waals surface area contributed by atoms with Gasteiger partial charge in [0.2, 0.25) is 5.91 Å². The quantitative estimate of drug-likeness (QED) is 0.545. The summed E-state index contributed by atoms with van der Waals surface area (Å²) >= 11 is 0. The van der Waals surface area contributed by atoms with Crippen LogP contribution < -0.4 is 10.6 Å². The number of nitrogens with one attached hydrogen (secondary N) is 2. The van der Waals surface area contributed by atoms with Crippen LogP contribution in [0.2, 0.25) is 0 Å². The molecular weight excluding hydrogens is 182 g/mol. The number of alkyl halides is 2. The second-order valence-electron chi connectivity index (χ2n) is 2.32. The van der Waals surface area contributed by atoms with Gasteiger partial charge < -0.3 is 15.4 Å². The molecule has 0 aliphatic heterocycles. The Bertz CT molecular complexity index is 144. The molecule has 2 N–H and O–H groups in total. The summed E-state index contributed by atoms with van der Waals surface area (Å²) in [5.41, 5.74) is 0. The van der Waals surface area contributed by atoms with Gasteiger partial charge in [0.05, 0.1) is 13.2 Å². The zero-order chi connectivity index (χ0) is 10.1. The highest BCUT2D eigenvalue weighted by Crippen LogP contribution is 1.90. The van der Waals surface area contributed by atoms with Gasteiger partial charge in [-0.3, -0.25) is 4.79 Å². The average molecular weight is 196 g/mol. The van der Waals surface area contributed by atoms with Crippen LogP contribution in [0.1, 0.15) is 0 Å². The van der Waals surface area contributed by atoms with E-state index in [1.54, 1.807) is 0 Å². The summed E-state index contributed by atoms with van der Waals surface area (Å²) in [5, 5.41) is 5.14. The first-order valence-corrected chi connectivity index (χ1v) is 3.94. The van der Waals surface area contributed by atoms with Gasteiger partial charge in [-0.2, -0.15) is 0 Å². The maximum absolute atomic E-state index is 11.5. The minimum atomic E-state index is -2.43. The zero-order valence-electron chi connectivity index (χ0n) is 7.48. The molecule has 0 saturated heterocycles. The molecule has 0 heterocycles. The lowest BCUT2D eigenvalue weighted by Crippen LogP contribution is -2.33. The molecule has 0 aromatic carbocycles. The first-order chi connectivity index (χ1) is 6.16. The molecular formula is C7H14F2N2O2. The molecule has 13 heavy (non-hydrogen) atoms. The Morgan fingerprint density at radius 1 is 1.54 bits per heavy atom. The van der Waals surface area contributed by atoms with Crippen molar-refractivity contribution in [1.29, 1.82) is 0 Å². The third kappa shape index (κ3) is 9.16. The third-order valence-electron chi connectivity index (χ3n) is 1.23. The molecule has 4 nitrogen and oxygen atoms in total. The van der Waals surface area contributed by atoms with E-state index in [0.717, 1.165) is 0 Å². The number of ether oxygens (including phenoxy) is 1. The van der Waals surface area contributed by atoms with Crippen LogP contribution in [0.4, 0.5) is 8.78 Å². The number of amides is 1. The molecule has 78 valence electrons.